The number of rotatable bonds is 1. The Labute approximate surface area is 130 Å². The Kier molecular flexibility index (Phi) is 2.83. The van der Waals surface area contributed by atoms with Crippen LogP contribution >= 0.6 is 0 Å². The molecular formula is C21H18O. The van der Waals surface area contributed by atoms with Crippen molar-refractivity contribution in [2.45, 2.75) is 13.8 Å². The standard InChI is InChI=1S/C21H18O/c1-13-16-9-6-10-19(22-3)21(16)14(2)17-12-11-15-7-4-5-8-18(15)20(13)17/h4-12H,1-3H3. The average molecular weight is 286 g/mol. The molecular weight excluding hydrogens is 268 g/mol. The fraction of sp³-hybridized carbons (Fsp3) is 0.143. The molecule has 0 aliphatic heterocycles. The van der Waals surface area contributed by atoms with Gasteiger partial charge in [-0.3, -0.25) is 0 Å². The summed E-state index contributed by atoms with van der Waals surface area (Å²) < 4.78 is 5.60. The van der Waals surface area contributed by atoms with E-state index in [9.17, 15) is 0 Å². The van der Waals surface area contributed by atoms with Gasteiger partial charge in [-0.1, -0.05) is 48.5 Å². The van der Waals surface area contributed by atoms with E-state index < -0.39 is 0 Å². The number of hydrogen-bond acceptors (Lipinski definition) is 1. The van der Waals surface area contributed by atoms with E-state index in [2.05, 4.69) is 62.4 Å². The lowest BCUT2D eigenvalue weighted by Gasteiger charge is -2.16. The van der Waals surface area contributed by atoms with Crippen LogP contribution in [0.2, 0.25) is 0 Å². The van der Waals surface area contributed by atoms with Gasteiger partial charge in [0.25, 0.3) is 0 Å². The van der Waals surface area contributed by atoms with Crippen LogP contribution in [0.1, 0.15) is 11.1 Å². The summed E-state index contributed by atoms with van der Waals surface area (Å²) >= 11 is 0. The number of benzene rings is 4. The largest absolute Gasteiger partial charge is 0.496 e. The highest BCUT2D eigenvalue weighted by atomic mass is 16.5. The molecule has 0 unspecified atom stereocenters. The zero-order valence-electron chi connectivity index (χ0n) is 13.1. The Bertz CT molecular complexity index is 1030. The van der Waals surface area contributed by atoms with Gasteiger partial charge in [-0.25, -0.2) is 0 Å². The van der Waals surface area contributed by atoms with Crippen molar-refractivity contribution in [1.82, 2.24) is 0 Å². The molecule has 0 heterocycles. The lowest BCUT2D eigenvalue weighted by molar-refractivity contribution is 0.419. The van der Waals surface area contributed by atoms with E-state index in [4.69, 9.17) is 4.74 Å². The summed E-state index contributed by atoms with van der Waals surface area (Å²) in [5.41, 5.74) is 2.62. The molecule has 1 nitrogen and oxygen atoms in total. The predicted octanol–water partition coefficient (Wildman–Crippen LogP) is 5.77. The van der Waals surface area contributed by atoms with Gasteiger partial charge < -0.3 is 4.74 Å². The number of aryl methyl sites for hydroxylation is 2. The maximum Gasteiger partial charge on any atom is 0.126 e. The van der Waals surface area contributed by atoms with E-state index in [1.54, 1.807) is 7.11 Å². The fourth-order valence-corrected chi connectivity index (χ4v) is 3.66. The number of ether oxygens (including phenoxy) is 1. The zero-order chi connectivity index (χ0) is 15.3. The Morgan fingerprint density at radius 2 is 1.32 bits per heavy atom. The minimum Gasteiger partial charge on any atom is -0.496 e. The van der Waals surface area contributed by atoms with Gasteiger partial charge in [0.05, 0.1) is 7.11 Å². The van der Waals surface area contributed by atoms with Crippen molar-refractivity contribution >= 4 is 32.3 Å². The van der Waals surface area contributed by atoms with Crippen LogP contribution in [0.15, 0.2) is 54.6 Å². The van der Waals surface area contributed by atoms with Crippen molar-refractivity contribution in [2.75, 3.05) is 7.11 Å². The lowest BCUT2D eigenvalue weighted by atomic mass is 9.89. The summed E-state index contributed by atoms with van der Waals surface area (Å²) in [5.74, 6) is 0.952. The highest BCUT2D eigenvalue weighted by Crippen LogP contribution is 2.39. The molecule has 0 aliphatic rings. The summed E-state index contributed by atoms with van der Waals surface area (Å²) in [6, 6.07) is 19.4. The van der Waals surface area contributed by atoms with Crippen LogP contribution in [-0.4, -0.2) is 7.11 Å². The van der Waals surface area contributed by atoms with Gasteiger partial charge in [0.15, 0.2) is 0 Å². The molecule has 0 bridgehead atoms. The maximum absolute atomic E-state index is 5.60. The van der Waals surface area contributed by atoms with Gasteiger partial charge in [0.1, 0.15) is 5.75 Å². The van der Waals surface area contributed by atoms with Crippen LogP contribution in [0.3, 0.4) is 0 Å². The van der Waals surface area contributed by atoms with Crippen LogP contribution < -0.4 is 4.74 Å². The molecule has 0 spiro atoms. The van der Waals surface area contributed by atoms with Crippen molar-refractivity contribution in [1.29, 1.82) is 0 Å². The van der Waals surface area contributed by atoms with Gasteiger partial charge >= 0.3 is 0 Å². The quantitative estimate of drug-likeness (QED) is 0.319. The summed E-state index contributed by atoms with van der Waals surface area (Å²) in [6.45, 7) is 4.41. The monoisotopic (exact) mass is 286 g/mol. The molecule has 4 aromatic rings. The molecule has 1 heteroatoms. The molecule has 0 aromatic heterocycles. The molecule has 0 saturated carbocycles. The minimum absolute atomic E-state index is 0.952. The van der Waals surface area contributed by atoms with Gasteiger partial charge in [0.2, 0.25) is 0 Å². The Hall–Kier alpha value is -2.54. The molecule has 4 aromatic carbocycles. The van der Waals surface area contributed by atoms with Crippen LogP contribution in [0.5, 0.6) is 5.75 Å². The molecule has 0 N–H and O–H groups in total. The minimum atomic E-state index is 0.952. The Morgan fingerprint density at radius 1 is 0.636 bits per heavy atom. The van der Waals surface area contributed by atoms with Crippen LogP contribution in [-0.2, 0) is 0 Å². The second-order valence-electron chi connectivity index (χ2n) is 5.84. The first-order valence-electron chi connectivity index (χ1n) is 7.59. The van der Waals surface area contributed by atoms with Gasteiger partial charge in [0, 0.05) is 5.39 Å². The van der Waals surface area contributed by atoms with Crippen molar-refractivity contribution in [3.05, 3.63) is 65.7 Å². The molecule has 0 saturated heterocycles. The SMILES string of the molecule is COc1cccc2c(C)c3c(ccc4ccccc43)c(C)c12. The van der Waals surface area contributed by atoms with Gasteiger partial charge in [-0.05, 0) is 58.0 Å². The molecule has 4 rings (SSSR count). The first kappa shape index (κ1) is 13.1. The molecule has 0 atom stereocenters. The third-order valence-electron chi connectivity index (χ3n) is 4.73. The van der Waals surface area contributed by atoms with Crippen LogP contribution in [0, 0.1) is 13.8 Å². The number of hydrogen-bond donors (Lipinski definition) is 0. The smallest absolute Gasteiger partial charge is 0.126 e. The van der Waals surface area contributed by atoms with E-state index in [0.29, 0.717) is 0 Å². The fourth-order valence-electron chi connectivity index (χ4n) is 3.66. The molecule has 22 heavy (non-hydrogen) atoms. The number of methoxy groups -OCH3 is 1. The van der Waals surface area contributed by atoms with E-state index in [0.717, 1.165) is 5.75 Å². The zero-order valence-corrected chi connectivity index (χ0v) is 13.1. The van der Waals surface area contributed by atoms with E-state index in [1.807, 2.05) is 6.07 Å². The second kappa shape index (κ2) is 4.74. The second-order valence-corrected chi connectivity index (χ2v) is 5.84. The third kappa shape index (κ3) is 1.66. The average Bonchev–Trinajstić information content (AvgIpc) is 2.58. The topological polar surface area (TPSA) is 9.23 Å². The Balaban J connectivity index is 2.34. The summed E-state index contributed by atoms with van der Waals surface area (Å²) in [4.78, 5) is 0. The van der Waals surface area contributed by atoms with Crippen molar-refractivity contribution in [3.8, 4) is 5.75 Å². The number of fused-ring (bicyclic) bond motifs is 4. The molecule has 0 radical (unpaired) electrons. The van der Waals surface area contributed by atoms with E-state index >= 15 is 0 Å². The van der Waals surface area contributed by atoms with Crippen molar-refractivity contribution in [3.63, 3.8) is 0 Å². The Morgan fingerprint density at radius 3 is 2.14 bits per heavy atom. The van der Waals surface area contributed by atoms with E-state index in [-0.39, 0.29) is 0 Å². The first-order valence-corrected chi connectivity index (χ1v) is 7.59. The first-order chi connectivity index (χ1) is 10.7. The van der Waals surface area contributed by atoms with Crippen molar-refractivity contribution in [2.24, 2.45) is 0 Å². The van der Waals surface area contributed by atoms with E-state index in [1.165, 1.54) is 43.4 Å². The highest BCUT2D eigenvalue weighted by molar-refractivity contribution is 6.17. The molecule has 0 amide bonds. The molecule has 0 aliphatic carbocycles. The van der Waals surface area contributed by atoms with Crippen molar-refractivity contribution < 1.29 is 4.74 Å². The summed E-state index contributed by atoms with van der Waals surface area (Å²) in [6.07, 6.45) is 0. The normalized spacial score (nSPS) is 11.4. The third-order valence-corrected chi connectivity index (χ3v) is 4.73. The van der Waals surface area contributed by atoms with Gasteiger partial charge in [-0.15, -0.1) is 0 Å². The van der Waals surface area contributed by atoms with Gasteiger partial charge in [-0.2, -0.15) is 0 Å². The van der Waals surface area contributed by atoms with Crippen LogP contribution in [0.25, 0.3) is 32.3 Å². The summed E-state index contributed by atoms with van der Waals surface area (Å²) in [7, 11) is 1.74. The molecule has 0 fully saturated rings. The highest BCUT2D eigenvalue weighted by Gasteiger charge is 2.13. The van der Waals surface area contributed by atoms with Crippen LogP contribution in [0.4, 0.5) is 0 Å². The summed E-state index contributed by atoms with van der Waals surface area (Å²) in [5, 5.41) is 7.79. The predicted molar refractivity (Wildman–Crippen MR) is 95.0 cm³/mol. The maximum atomic E-state index is 5.60. The lowest BCUT2D eigenvalue weighted by Crippen LogP contribution is -1.92. The molecule has 108 valence electrons.